The van der Waals surface area contributed by atoms with Gasteiger partial charge in [-0.2, -0.15) is 10.1 Å². The molecule has 0 saturated heterocycles. The van der Waals surface area contributed by atoms with Crippen LogP contribution in [0.25, 0.3) is 16.6 Å². The van der Waals surface area contributed by atoms with Gasteiger partial charge in [-0.3, -0.25) is 0 Å². The fraction of sp³-hybridized carbons (Fsp3) is 0.0455. The lowest BCUT2D eigenvalue weighted by Gasteiger charge is -2.12. The molecule has 0 bridgehead atoms. The highest BCUT2D eigenvalue weighted by Crippen LogP contribution is 2.31. The fourth-order valence-corrected chi connectivity index (χ4v) is 3.34. The maximum absolute atomic E-state index is 6.04. The van der Waals surface area contributed by atoms with E-state index in [-0.39, 0.29) is 0 Å². The number of isothiocyanates is 1. The van der Waals surface area contributed by atoms with E-state index in [4.69, 9.17) is 17.0 Å². The van der Waals surface area contributed by atoms with Crippen molar-refractivity contribution in [1.82, 2.24) is 24.6 Å². The zero-order valence-electron chi connectivity index (χ0n) is 16.4. The predicted molar refractivity (Wildman–Crippen MR) is 122 cm³/mol. The number of hydrogen-bond donors (Lipinski definition) is 1. The van der Waals surface area contributed by atoms with E-state index in [1.54, 1.807) is 4.52 Å². The van der Waals surface area contributed by atoms with Crippen LogP contribution in [-0.4, -0.2) is 29.7 Å². The van der Waals surface area contributed by atoms with Crippen LogP contribution in [0.1, 0.15) is 5.56 Å². The molecule has 0 saturated carbocycles. The van der Waals surface area contributed by atoms with E-state index in [2.05, 4.69) is 35.5 Å². The van der Waals surface area contributed by atoms with Crippen molar-refractivity contribution in [2.45, 2.75) is 6.92 Å². The van der Waals surface area contributed by atoms with Gasteiger partial charge in [0.15, 0.2) is 5.65 Å². The summed E-state index contributed by atoms with van der Waals surface area (Å²) in [5.74, 6) is 2.12. The van der Waals surface area contributed by atoms with Crippen molar-refractivity contribution in [3.63, 3.8) is 0 Å². The molecular weight excluding hydrogens is 410 g/mol. The number of anilines is 2. The van der Waals surface area contributed by atoms with Crippen LogP contribution in [0.15, 0.2) is 72.4 Å². The molecule has 0 aliphatic rings. The van der Waals surface area contributed by atoms with Gasteiger partial charge in [-0.15, -0.1) is 0 Å². The molecule has 8 nitrogen and oxygen atoms in total. The molecule has 150 valence electrons. The van der Waals surface area contributed by atoms with Crippen molar-refractivity contribution in [3.05, 3.63) is 72.9 Å². The third kappa shape index (κ3) is 3.83. The zero-order valence-corrected chi connectivity index (χ0v) is 17.2. The molecule has 3 heterocycles. The maximum Gasteiger partial charge on any atom is 0.158 e. The number of thiocarbonyl (C=S) groups is 1. The Hall–Kier alpha value is -4.20. The van der Waals surface area contributed by atoms with Gasteiger partial charge in [-0.1, -0.05) is 0 Å². The SMILES string of the molecule is Cc1cc(Nc2ncnc3ccc(N=C=S)cc23)ccc1Oc1ccn2ncnc2c1. The van der Waals surface area contributed by atoms with Crippen LogP contribution in [-0.2, 0) is 0 Å². The Kier molecular flexibility index (Phi) is 4.80. The van der Waals surface area contributed by atoms with Crippen LogP contribution in [0, 0.1) is 6.92 Å². The molecule has 0 spiro atoms. The van der Waals surface area contributed by atoms with Crippen LogP contribution in [0.2, 0.25) is 0 Å². The molecule has 0 fully saturated rings. The Morgan fingerprint density at radius 3 is 2.84 bits per heavy atom. The Balaban J connectivity index is 1.42. The second-order valence-electron chi connectivity index (χ2n) is 6.76. The standard InChI is InChI=1S/C22H15N7OS/c1-14-8-16(3-5-20(14)30-17-6-7-29-21(10-17)24-12-27-29)28-22-18-9-15(26-13-31)2-4-19(18)23-11-25-22/h2-12H,1H3,(H,23,25,28). The van der Waals surface area contributed by atoms with Crippen molar-refractivity contribution < 1.29 is 4.74 Å². The number of rotatable bonds is 5. The Bertz CT molecular complexity index is 1470. The summed E-state index contributed by atoms with van der Waals surface area (Å²) in [5.41, 5.74) is 4.07. The van der Waals surface area contributed by atoms with Gasteiger partial charge in [0.05, 0.1) is 16.4 Å². The summed E-state index contributed by atoms with van der Waals surface area (Å²) in [7, 11) is 0. The fourth-order valence-electron chi connectivity index (χ4n) is 3.23. The van der Waals surface area contributed by atoms with Gasteiger partial charge >= 0.3 is 0 Å². The lowest BCUT2D eigenvalue weighted by Crippen LogP contribution is -1.97. The van der Waals surface area contributed by atoms with Crippen LogP contribution in [0.4, 0.5) is 17.2 Å². The minimum atomic E-state index is 0.678. The van der Waals surface area contributed by atoms with E-state index < -0.39 is 0 Å². The molecule has 2 aromatic carbocycles. The van der Waals surface area contributed by atoms with Gasteiger partial charge < -0.3 is 10.1 Å². The molecule has 31 heavy (non-hydrogen) atoms. The molecule has 0 radical (unpaired) electrons. The average molecular weight is 425 g/mol. The number of benzene rings is 2. The Labute approximate surface area is 182 Å². The molecule has 3 aromatic heterocycles. The molecule has 0 unspecified atom stereocenters. The highest BCUT2D eigenvalue weighted by molar-refractivity contribution is 7.78. The molecule has 9 heteroatoms. The van der Waals surface area contributed by atoms with Gasteiger partial charge in [0, 0.05) is 23.3 Å². The molecule has 5 aromatic rings. The normalized spacial score (nSPS) is 10.7. The van der Waals surface area contributed by atoms with E-state index in [0.717, 1.165) is 33.6 Å². The van der Waals surface area contributed by atoms with E-state index in [0.29, 0.717) is 17.3 Å². The topological polar surface area (TPSA) is 89.6 Å². The minimum absolute atomic E-state index is 0.678. The average Bonchev–Trinajstić information content (AvgIpc) is 3.24. The monoisotopic (exact) mass is 425 g/mol. The predicted octanol–water partition coefficient (Wildman–Crippen LogP) is 5.25. The number of nitrogens with one attached hydrogen (secondary N) is 1. The first kappa shape index (κ1) is 18.8. The van der Waals surface area contributed by atoms with Crippen molar-refractivity contribution in [1.29, 1.82) is 0 Å². The van der Waals surface area contributed by atoms with E-state index in [1.165, 1.54) is 12.7 Å². The van der Waals surface area contributed by atoms with Crippen LogP contribution in [0.3, 0.4) is 0 Å². The number of aromatic nitrogens is 5. The number of aryl methyl sites for hydroxylation is 1. The smallest absolute Gasteiger partial charge is 0.158 e. The second kappa shape index (κ2) is 7.91. The third-order valence-electron chi connectivity index (χ3n) is 4.71. The molecule has 5 rings (SSSR count). The summed E-state index contributed by atoms with van der Waals surface area (Å²) in [6, 6.07) is 15.1. The number of ether oxygens (including phenoxy) is 1. The van der Waals surface area contributed by atoms with E-state index in [1.807, 2.05) is 61.7 Å². The van der Waals surface area contributed by atoms with Gasteiger partial charge in [0.25, 0.3) is 0 Å². The van der Waals surface area contributed by atoms with Gasteiger partial charge in [-0.25, -0.2) is 19.5 Å². The van der Waals surface area contributed by atoms with Gasteiger partial charge in [0.2, 0.25) is 0 Å². The summed E-state index contributed by atoms with van der Waals surface area (Å²) in [6.45, 7) is 1.99. The molecular formula is C22H15N7OS. The third-order valence-corrected chi connectivity index (χ3v) is 4.80. The summed E-state index contributed by atoms with van der Waals surface area (Å²) >= 11 is 4.70. The van der Waals surface area contributed by atoms with E-state index >= 15 is 0 Å². The summed E-state index contributed by atoms with van der Waals surface area (Å²) in [6.07, 6.45) is 4.84. The lowest BCUT2D eigenvalue weighted by molar-refractivity contribution is 0.478. The first-order chi connectivity index (χ1) is 15.2. The maximum atomic E-state index is 6.04. The van der Waals surface area contributed by atoms with Gasteiger partial charge in [0.1, 0.15) is 30.0 Å². The summed E-state index contributed by atoms with van der Waals surface area (Å²) in [5, 5.41) is 10.7. The largest absolute Gasteiger partial charge is 0.457 e. The van der Waals surface area contributed by atoms with Crippen LogP contribution >= 0.6 is 12.2 Å². The molecule has 0 atom stereocenters. The van der Waals surface area contributed by atoms with Crippen molar-refractivity contribution in [3.8, 4) is 11.5 Å². The second-order valence-corrected chi connectivity index (χ2v) is 6.94. The summed E-state index contributed by atoms with van der Waals surface area (Å²) < 4.78 is 7.72. The highest BCUT2D eigenvalue weighted by atomic mass is 32.1. The number of fused-ring (bicyclic) bond motifs is 2. The first-order valence-electron chi connectivity index (χ1n) is 9.37. The molecule has 1 N–H and O–H groups in total. The number of nitrogens with zero attached hydrogens (tertiary/aromatic N) is 6. The van der Waals surface area contributed by atoms with Crippen LogP contribution in [0.5, 0.6) is 11.5 Å². The highest BCUT2D eigenvalue weighted by Gasteiger charge is 2.08. The zero-order chi connectivity index (χ0) is 21.2. The lowest BCUT2D eigenvalue weighted by atomic mass is 10.1. The Morgan fingerprint density at radius 2 is 1.97 bits per heavy atom. The van der Waals surface area contributed by atoms with Crippen LogP contribution < -0.4 is 10.1 Å². The number of pyridine rings is 1. The van der Waals surface area contributed by atoms with Crippen molar-refractivity contribution >= 4 is 51.1 Å². The van der Waals surface area contributed by atoms with Crippen molar-refractivity contribution in [2.24, 2.45) is 4.99 Å². The molecule has 0 aliphatic heterocycles. The molecule has 0 amide bonds. The van der Waals surface area contributed by atoms with E-state index in [9.17, 15) is 0 Å². The Morgan fingerprint density at radius 1 is 1.03 bits per heavy atom. The summed E-state index contributed by atoms with van der Waals surface area (Å²) in [4.78, 5) is 16.9. The minimum Gasteiger partial charge on any atom is -0.457 e. The number of hydrogen-bond acceptors (Lipinski definition) is 8. The molecule has 0 aliphatic carbocycles. The first-order valence-corrected chi connectivity index (χ1v) is 9.78. The quantitative estimate of drug-likeness (QED) is 0.304. The van der Waals surface area contributed by atoms with Gasteiger partial charge in [-0.05, 0) is 67.2 Å². The number of aliphatic imine (C=N–C) groups is 1. The van der Waals surface area contributed by atoms with Crippen molar-refractivity contribution in [2.75, 3.05) is 5.32 Å².